The molecule has 0 saturated carbocycles. The zero-order valence-corrected chi connectivity index (χ0v) is 30.7. The number of benzene rings is 2. The molecule has 9 heteroatoms. The summed E-state index contributed by atoms with van der Waals surface area (Å²) in [4.78, 5) is 49.3. The van der Waals surface area contributed by atoms with Crippen LogP contribution in [0.15, 0.2) is 76.9 Å². The van der Waals surface area contributed by atoms with E-state index < -0.39 is 5.97 Å². The summed E-state index contributed by atoms with van der Waals surface area (Å²) in [5.41, 5.74) is 3.33. The number of aryl methyl sites for hydroxylation is 1. The van der Waals surface area contributed by atoms with Gasteiger partial charge in [-0.15, -0.1) is 12.8 Å². The van der Waals surface area contributed by atoms with Crippen molar-refractivity contribution in [2.75, 3.05) is 39.8 Å². The van der Waals surface area contributed by atoms with Crippen LogP contribution in [-0.2, 0) is 19.2 Å². The maximum Gasteiger partial charge on any atom is 0.317 e. The van der Waals surface area contributed by atoms with Gasteiger partial charge in [0.25, 0.3) is 0 Å². The molecular formula is C39H52BrN3O5. The lowest BCUT2D eigenvalue weighted by molar-refractivity contribution is -0.139. The molecule has 0 aliphatic carbocycles. The first kappa shape index (κ1) is 42.0. The number of aliphatic carboxylic acids is 1. The van der Waals surface area contributed by atoms with Gasteiger partial charge in [-0.3, -0.25) is 19.3 Å². The summed E-state index contributed by atoms with van der Waals surface area (Å²) in [6, 6.07) is 12.8. The summed E-state index contributed by atoms with van der Waals surface area (Å²) in [5, 5.41) is 11.7. The number of carboxylic acids is 1. The highest BCUT2D eigenvalue weighted by molar-refractivity contribution is 9.10. The predicted octanol–water partition coefficient (Wildman–Crippen LogP) is 6.92. The molecule has 2 heterocycles. The molecule has 0 radical (unpaired) electrons. The molecule has 260 valence electrons. The number of terminal acetylenes is 1. The molecule has 3 atom stereocenters. The van der Waals surface area contributed by atoms with Gasteiger partial charge in [-0.2, -0.15) is 0 Å². The highest BCUT2D eigenvalue weighted by Gasteiger charge is 2.33. The summed E-state index contributed by atoms with van der Waals surface area (Å²) in [5.74, 6) is 0.00283. The molecule has 2 aliphatic rings. The lowest BCUT2D eigenvalue weighted by Gasteiger charge is -2.42. The number of halogens is 1. The number of carboxylic acid groups (broad SMARTS) is 1. The van der Waals surface area contributed by atoms with Crippen molar-refractivity contribution in [3.63, 3.8) is 0 Å². The van der Waals surface area contributed by atoms with E-state index in [2.05, 4.69) is 92.5 Å². The number of carbonyl (C=O) groups excluding carboxylic acids is 3. The fraction of sp³-hybridized carbons (Fsp3) is 0.436. The first-order chi connectivity index (χ1) is 22.9. The van der Waals surface area contributed by atoms with Crippen molar-refractivity contribution < 1.29 is 24.3 Å². The van der Waals surface area contributed by atoms with Crippen LogP contribution < -0.4 is 0 Å². The van der Waals surface area contributed by atoms with E-state index in [1.54, 1.807) is 24.1 Å². The minimum absolute atomic E-state index is 0.0231. The summed E-state index contributed by atoms with van der Waals surface area (Å²) in [6.07, 6.45) is 17.2. The average Bonchev–Trinajstić information content (AvgIpc) is 3.07. The molecule has 0 spiro atoms. The van der Waals surface area contributed by atoms with Crippen molar-refractivity contribution in [1.82, 2.24) is 14.7 Å². The molecule has 0 aromatic heterocycles. The lowest BCUT2D eigenvalue weighted by atomic mass is 9.83. The number of rotatable bonds is 9. The molecule has 48 heavy (non-hydrogen) atoms. The van der Waals surface area contributed by atoms with Gasteiger partial charge in [0.15, 0.2) is 5.78 Å². The third-order valence-corrected chi connectivity index (χ3v) is 9.19. The smallest absolute Gasteiger partial charge is 0.317 e. The number of piperidine rings is 2. The second-order valence-electron chi connectivity index (χ2n) is 12.3. The van der Waals surface area contributed by atoms with Gasteiger partial charge >= 0.3 is 5.97 Å². The number of amides is 1. The van der Waals surface area contributed by atoms with Crippen molar-refractivity contribution in [1.29, 1.82) is 0 Å². The summed E-state index contributed by atoms with van der Waals surface area (Å²) < 4.78 is 1.14. The molecule has 4 rings (SSSR count). The highest BCUT2D eigenvalue weighted by Crippen LogP contribution is 2.30. The van der Waals surface area contributed by atoms with Gasteiger partial charge in [0.1, 0.15) is 6.79 Å². The SMILES string of the molecule is C#C.C=C1[C@@H](N(C)CC(=O)O)CCCN1CC(=O)N1CC(CC)CC(/C(C)=C/C=C\C(C)=O)C1.C=O.Cc1ccc2cc(Br)ccc2c1. The molecule has 0 bridgehead atoms. The van der Waals surface area contributed by atoms with Crippen LogP contribution in [0, 0.1) is 31.6 Å². The Hall–Kier alpha value is -4.00. The second kappa shape index (κ2) is 21.8. The van der Waals surface area contributed by atoms with Crippen LogP contribution in [0.25, 0.3) is 10.8 Å². The van der Waals surface area contributed by atoms with Crippen LogP contribution in [0.5, 0.6) is 0 Å². The Morgan fingerprint density at radius 1 is 1.08 bits per heavy atom. The molecule has 1 amide bonds. The molecule has 2 saturated heterocycles. The molecule has 2 aromatic carbocycles. The van der Waals surface area contributed by atoms with Crippen LogP contribution in [0.4, 0.5) is 0 Å². The van der Waals surface area contributed by atoms with E-state index in [4.69, 9.17) is 9.90 Å². The number of likely N-dealkylation sites (tertiary alicyclic amines) is 2. The monoisotopic (exact) mass is 721 g/mol. The topological polar surface area (TPSA) is 98.2 Å². The third kappa shape index (κ3) is 13.6. The molecule has 1 N–H and O–H groups in total. The second-order valence-corrected chi connectivity index (χ2v) is 13.2. The fourth-order valence-electron chi connectivity index (χ4n) is 6.08. The molecular weight excluding hydrogens is 670 g/mol. The normalized spacial score (nSPS) is 19.4. The van der Waals surface area contributed by atoms with Gasteiger partial charge in [-0.1, -0.05) is 83.4 Å². The molecule has 2 aromatic rings. The Labute approximate surface area is 295 Å². The minimum Gasteiger partial charge on any atom is -0.480 e. The van der Waals surface area contributed by atoms with Crippen LogP contribution in [0.3, 0.4) is 0 Å². The first-order valence-corrected chi connectivity index (χ1v) is 16.9. The number of hydrogen-bond acceptors (Lipinski definition) is 6. The number of ketones is 1. The quantitative estimate of drug-likeness (QED) is 0.171. The first-order valence-electron chi connectivity index (χ1n) is 16.1. The zero-order chi connectivity index (χ0) is 36.4. The number of likely N-dealkylation sites (N-methyl/N-ethyl adjacent to an activating group) is 1. The van der Waals surface area contributed by atoms with Gasteiger partial charge in [0, 0.05) is 35.8 Å². The maximum atomic E-state index is 13.3. The third-order valence-electron chi connectivity index (χ3n) is 8.70. The van der Waals surface area contributed by atoms with Crippen molar-refractivity contribution in [3.8, 4) is 12.8 Å². The van der Waals surface area contributed by atoms with Gasteiger partial charge < -0.3 is 19.7 Å². The van der Waals surface area contributed by atoms with E-state index in [0.29, 0.717) is 12.5 Å². The Morgan fingerprint density at radius 3 is 2.35 bits per heavy atom. The number of nitrogens with zero attached hydrogens (tertiary/aromatic N) is 3. The Bertz CT molecular complexity index is 1420. The van der Waals surface area contributed by atoms with Gasteiger partial charge in [0.05, 0.1) is 13.1 Å². The summed E-state index contributed by atoms with van der Waals surface area (Å²) >= 11 is 3.45. The zero-order valence-electron chi connectivity index (χ0n) is 29.2. The number of fused-ring (bicyclic) bond motifs is 1. The predicted molar refractivity (Wildman–Crippen MR) is 199 cm³/mol. The summed E-state index contributed by atoms with van der Waals surface area (Å²) in [7, 11) is 1.80. The Morgan fingerprint density at radius 2 is 1.73 bits per heavy atom. The van der Waals surface area contributed by atoms with E-state index >= 15 is 0 Å². The maximum absolute atomic E-state index is 13.3. The number of carbonyl (C=O) groups is 4. The van der Waals surface area contributed by atoms with E-state index in [9.17, 15) is 14.4 Å². The van der Waals surface area contributed by atoms with E-state index in [1.165, 1.54) is 28.8 Å². The largest absolute Gasteiger partial charge is 0.480 e. The number of allylic oxidation sites excluding steroid dienone is 3. The van der Waals surface area contributed by atoms with E-state index in [-0.39, 0.29) is 36.7 Å². The van der Waals surface area contributed by atoms with Gasteiger partial charge in [-0.05, 0) is 87.9 Å². The van der Waals surface area contributed by atoms with Gasteiger partial charge in [-0.25, -0.2) is 0 Å². The van der Waals surface area contributed by atoms with Crippen LogP contribution in [0.2, 0.25) is 0 Å². The summed E-state index contributed by atoms with van der Waals surface area (Å²) in [6.45, 7) is 16.6. The van der Waals surface area contributed by atoms with E-state index in [1.807, 2.05) is 22.7 Å². The van der Waals surface area contributed by atoms with Crippen molar-refractivity contribution in [2.45, 2.75) is 59.4 Å². The highest BCUT2D eigenvalue weighted by atomic mass is 79.9. The van der Waals surface area contributed by atoms with Crippen LogP contribution in [-0.4, -0.2) is 90.1 Å². The molecule has 2 aliphatic heterocycles. The minimum atomic E-state index is -0.861. The Balaban J connectivity index is 0.000000592. The van der Waals surface area contributed by atoms with Crippen molar-refractivity contribution in [3.05, 3.63) is 82.5 Å². The standard InChI is InChI=1S/C25H39N3O4.C11H9Br.C2H2.CH2O/c1-6-21-13-22(18(2)9-7-10-19(3)29)15-28(14-21)24(30)16-27-12-8-11-23(20(27)4)26(5)17-25(31)32;1-8-2-3-10-7-11(12)5-4-9(10)6-8;2*1-2/h7,9-10,21-23H,4,6,8,11-17H2,1-3,5H3,(H,31,32);2-7H,1H3;1-2H;1H2/b10-7-,18-9+;;;/t21?,22?,23-;;;/m0.../s1. The molecule has 8 nitrogen and oxygen atoms in total. The lowest BCUT2D eigenvalue weighted by Crippen LogP contribution is -2.51. The van der Waals surface area contributed by atoms with Crippen molar-refractivity contribution >= 4 is 51.2 Å². The van der Waals surface area contributed by atoms with Crippen LogP contribution in [0.1, 0.15) is 52.0 Å². The fourth-order valence-corrected chi connectivity index (χ4v) is 6.46. The molecule has 2 fully saturated rings. The van der Waals surface area contributed by atoms with Gasteiger partial charge in [0.2, 0.25) is 5.91 Å². The van der Waals surface area contributed by atoms with Crippen LogP contribution >= 0.6 is 15.9 Å². The average molecular weight is 723 g/mol. The number of hydrogen-bond donors (Lipinski definition) is 1. The Kier molecular flexibility index (Phi) is 19.1. The molecule has 2 unspecified atom stereocenters. The van der Waals surface area contributed by atoms with E-state index in [0.717, 1.165) is 48.9 Å². The van der Waals surface area contributed by atoms with Crippen molar-refractivity contribution in [2.24, 2.45) is 11.8 Å².